The van der Waals surface area contributed by atoms with Crippen molar-refractivity contribution in [2.75, 3.05) is 5.32 Å². The topological polar surface area (TPSA) is 124 Å². The van der Waals surface area contributed by atoms with E-state index in [1.165, 1.54) is 28.9 Å². The highest BCUT2D eigenvalue weighted by atomic mass is 32.2. The first-order chi connectivity index (χ1) is 14.9. The molecule has 0 aliphatic carbocycles. The van der Waals surface area contributed by atoms with Gasteiger partial charge in [-0.2, -0.15) is 5.10 Å². The van der Waals surface area contributed by atoms with Crippen molar-refractivity contribution < 1.29 is 18.1 Å². The quantitative estimate of drug-likeness (QED) is 0.473. The molecule has 0 atom stereocenters. The molecule has 0 radical (unpaired) electrons. The Kier molecular flexibility index (Phi) is 5.12. The average molecular weight is 455 g/mol. The lowest BCUT2D eigenvalue weighted by atomic mass is 9.87. The van der Waals surface area contributed by atoms with Crippen LogP contribution in [0.5, 0.6) is 0 Å². The molecule has 0 spiro atoms. The van der Waals surface area contributed by atoms with Gasteiger partial charge >= 0.3 is 0 Å². The maximum atomic E-state index is 13.0. The Hall–Kier alpha value is -3.53. The number of rotatable bonds is 4. The normalized spacial score (nSPS) is 14.7. The molecule has 32 heavy (non-hydrogen) atoms. The van der Waals surface area contributed by atoms with Crippen LogP contribution in [-0.2, 0) is 26.8 Å². The predicted molar refractivity (Wildman–Crippen MR) is 120 cm³/mol. The first-order valence-corrected chi connectivity index (χ1v) is 11.7. The Labute approximate surface area is 185 Å². The van der Waals surface area contributed by atoms with Crippen LogP contribution in [0.4, 0.5) is 11.5 Å². The van der Waals surface area contributed by atoms with Crippen molar-refractivity contribution in [1.82, 2.24) is 9.78 Å². The molecule has 1 aliphatic rings. The maximum Gasteiger partial charge on any atom is 0.269 e. The van der Waals surface area contributed by atoms with E-state index in [1.807, 2.05) is 12.1 Å². The van der Waals surface area contributed by atoms with E-state index in [4.69, 9.17) is 0 Å². The van der Waals surface area contributed by atoms with Crippen LogP contribution in [-0.4, -0.2) is 29.0 Å². The van der Waals surface area contributed by atoms with Gasteiger partial charge in [0.15, 0.2) is 9.84 Å². The summed E-state index contributed by atoms with van der Waals surface area (Å²) in [6.45, 7) is 6.23. The summed E-state index contributed by atoms with van der Waals surface area (Å²) in [7, 11) is -3.34. The van der Waals surface area contributed by atoms with Gasteiger partial charge < -0.3 is 5.32 Å². The summed E-state index contributed by atoms with van der Waals surface area (Å²) >= 11 is 0. The number of nitro benzene ring substituents is 1. The van der Waals surface area contributed by atoms with Crippen molar-refractivity contribution in [1.29, 1.82) is 0 Å². The fraction of sp³-hybridized carbons (Fsp3) is 0.273. The number of nitro groups is 1. The number of anilines is 1. The van der Waals surface area contributed by atoms with Crippen LogP contribution in [0.2, 0.25) is 0 Å². The molecule has 3 aromatic rings. The van der Waals surface area contributed by atoms with Crippen molar-refractivity contribution in [3.8, 4) is 5.69 Å². The first-order valence-electron chi connectivity index (χ1n) is 9.92. The highest BCUT2D eigenvalue weighted by Gasteiger charge is 2.33. The lowest BCUT2D eigenvalue weighted by Crippen LogP contribution is -2.17. The standard InChI is InChI=1S/C22H22N4O5S/c1-22(2,3)15-6-4-14(5-7-15)21(27)23-20-18-12-32(30,31)13-19(18)24-25(20)16-8-10-17(11-9-16)26(28)29/h4-11H,12-13H2,1-3H3,(H,23,27). The van der Waals surface area contributed by atoms with Crippen LogP contribution < -0.4 is 5.32 Å². The van der Waals surface area contributed by atoms with Gasteiger partial charge in [-0.3, -0.25) is 14.9 Å². The Bertz CT molecular complexity index is 1320. The summed E-state index contributed by atoms with van der Waals surface area (Å²) < 4.78 is 25.7. The Balaban J connectivity index is 1.71. The molecule has 0 bridgehead atoms. The second kappa shape index (κ2) is 7.56. The molecular weight excluding hydrogens is 432 g/mol. The number of carbonyl (C=O) groups is 1. The van der Waals surface area contributed by atoms with Gasteiger partial charge in [0.2, 0.25) is 0 Å². The number of aromatic nitrogens is 2. The molecule has 9 nitrogen and oxygen atoms in total. The molecule has 1 N–H and O–H groups in total. The second-order valence-electron chi connectivity index (χ2n) is 8.77. The SMILES string of the molecule is CC(C)(C)c1ccc(C(=O)Nc2c3c(nn2-c2ccc([N+](=O)[O-])cc2)CS(=O)(=O)C3)cc1. The summed E-state index contributed by atoms with van der Waals surface area (Å²) in [5, 5.41) is 18.1. The number of hydrogen-bond donors (Lipinski definition) is 1. The molecule has 2 aromatic carbocycles. The van der Waals surface area contributed by atoms with Gasteiger partial charge in [-0.1, -0.05) is 32.9 Å². The zero-order chi connectivity index (χ0) is 23.3. The van der Waals surface area contributed by atoms with E-state index in [0.717, 1.165) is 5.56 Å². The molecule has 1 aromatic heterocycles. The number of nitrogens with one attached hydrogen (secondary N) is 1. The number of sulfone groups is 1. The van der Waals surface area contributed by atoms with Crippen LogP contribution >= 0.6 is 0 Å². The van der Waals surface area contributed by atoms with Gasteiger partial charge in [-0.25, -0.2) is 13.1 Å². The van der Waals surface area contributed by atoms with E-state index in [1.54, 1.807) is 12.1 Å². The van der Waals surface area contributed by atoms with Crippen molar-refractivity contribution in [2.45, 2.75) is 37.7 Å². The van der Waals surface area contributed by atoms with Crippen molar-refractivity contribution in [3.63, 3.8) is 0 Å². The third kappa shape index (κ3) is 4.13. The van der Waals surface area contributed by atoms with Crippen LogP contribution in [0, 0.1) is 10.1 Å². The average Bonchev–Trinajstić information content (AvgIpc) is 3.20. The fourth-order valence-corrected chi connectivity index (χ4v) is 5.07. The number of non-ortho nitro benzene ring substituents is 1. The molecule has 0 fully saturated rings. The highest BCUT2D eigenvalue weighted by molar-refractivity contribution is 7.90. The Morgan fingerprint density at radius 1 is 1.06 bits per heavy atom. The van der Waals surface area contributed by atoms with Gasteiger partial charge in [0.1, 0.15) is 5.82 Å². The van der Waals surface area contributed by atoms with Gasteiger partial charge in [-0.05, 0) is 35.2 Å². The molecule has 166 valence electrons. The van der Waals surface area contributed by atoms with Crippen molar-refractivity contribution >= 4 is 27.2 Å². The first kappa shape index (κ1) is 21.7. The van der Waals surface area contributed by atoms with Gasteiger partial charge in [0.25, 0.3) is 11.6 Å². The number of benzene rings is 2. The van der Waals surface area contributed by atoms with Crippen LogP contribution in [0.1, 0.15) is 48.0 Å². The molecule has 10 heteroatoms. The number of fused-ring (bicyclic) bond motifs is 1. The Morgan fingerprint density at radius 3 is 2.25 bits per heavy atom. The lowest BCUT2D eigenvalue weighted by Gasteiger charge is -2.19. The molecular formula is C22H22N4O5S. The summed E-state index contributed by atoms with van der Waals surface area (Å²) in [5.41, 5.74) is 2.63. The van der Waals surface area contributed by atoms with Crippen LogP contribution in [0.15, 0.2) is 48.5 Å². The van der Waals surface area contributed by atoms with Gasteiger partial charge in [-0.15, -0.1) is 0 Å². The van der Waals surface area contributed by atoms with E-state index in [0.29, 0.717) is 22.5 Å². The van der Waals surface area contributed by atoms with E-state index < -0.39 is 20.7 Å². The van der Waals surface area contributed by atoms with Gasteiger partial charge in [0.05, 0.1) is 27.8 Å². The third-order valence-corrected chi connectivity index (χ3v) is 6.78. The molecule has 4 rings (SSSR count). The maximum absolute atomic E-state index is 13.0. The minimum atomic E-state index is -3.34. The monoisotopic (exact) mass is 454 g/mol. The summed E-state index contributed by atoms with van der Waals surface area (Å²) in [5.74, 6) is -0.597. The second-order valence-corrected chi connectivity index (χ2v) is 10.8. The number of carbonyl (C=O) groups excluding carboxylic acids is 1. The highest BCUT2D eigenvalue weighted by Crippen LogP contribution is 2.33. The minimum absolute atomic E-state index is 0.0568. The summed E-state index contributed by atoms with van der Waals surface area (Å²) in [6.07, 6.45) is 0. The molecule has 0 unspecified atom stereocenters. The van der Waals surface area contributed by atoms with E-state index in [2.05, 4.69) is 31.2 Å². The Morgan fingerprint density at radius 2 is 1.69 bits per heavy atom. The third-order valence-electron chi connectivity index (χ3n) is 5.34. The zero-order valence-corrected chi connectivity index (χ0v) is 18.6. The summed E-state index contributed by atoms with van der Waals surface area (Å²) in [4.78, 5) is 23.4. The minimum Gasteiger partial charge on any atom is -0.306 e. The number of nitrogens with zero attached hydrogens (tertiary/aromatic N) is 3. The molecule has 1 aliphatic heterocycles. The summed E-state index contributed by atoms with van der Waals surface area (Å²) in [6, 6.07) is 12.9. The van der Waals surface area contributed by atoms with Crippen molar-refractivity contribution in [2.24, 2.45) is 0 Å². The lowest BCUT2D eigenvalue weighted by molar-refractivity contribution is -0.384. The molecule has 0 saturated carbocycles. The molecule has 2 heterocycles. The van der Waals surface area contributed by atoms with E-state index in [9.17, 15) is 23.3 Å². The smallest absolute Gasteiger partial charge is 0.269 e. The molecule has 0 saturated heterocycles. The predicted octanol–water partition coefficient (Wildman–Crippen LogP) is 3.76. The van der Waals surface area contributed by atoms with E-state index >= 15 is 0 Å². The van der Waals surface area contributed by atoms with Crippen LogP contribution in [0.3, 0.4) is 0 Å². The van der Waals surface area contributed by atoms with Crippen LogP contribution in [0.25, 0.3) is 5.69 Å². The zero-order valence-electron chi connectivity index (χ0n) is 17.8. The van der Waals surface area contributed by atoms with E-state index in [-0.39, 0.29) is 28.4 Å². The van der Waals surface area contributed by atoms with Gasteiger partial charge in [0, 0.05) is 23.3 Å². The van der Waals surface area contributed by atoms with Crippen molar-refractivity contribution in [3.05, 3.63) is 81.0 Å². The largest absolute Gasteiger partial charge is 0.306 e. The molecule has 1 amide bonds. The number of hydrogen-bond acceptors (Lipinski definition) is 6. The fourth-order valence-electron chi connectivity index (χ4n) is 3.57. The number of amides is 1.